The van der Waals surface area contributed by atoms with Gasteiger partial charge in [0.25, 0.3) is 0 Å². The molecule has 2 heterocycles. The number of hydrogen-bond acceptors (Lipinski definition) is 6. The minimum atomic E-state index is -0.224. The number of urea groups is 1. The highest BCUT2D eigenvalue weighted by atomic mass is 32.2. The number of rotatable bonds is 5. The highest BCUT2D eigenvalue weighted by Gasteiger charge is 2.34. The Bertz CT molecular complexity index is 990. The van der Waals surface area contributed by atoms with Gasteiger partial charge in [-0.3, -0.25) is 0 Å². The highest BCUT2D eigenvalue weighted by molar-refractivity contribution is 7.98. The second kappa shape index (κ2) is 8.57. The summed E-state index contributed by atoms with van der Waals surface area (Å²) in [6.07, 6.45) is 3.69. The van der Waals surface area contributed by atoms with Crippen molar-refractivity contribution in [3.8, 4) is 17.1 Å². The molecule has 0 unspecified atom stereocenters. The zero-order chi connectivity index (χ0) is 20.2. The minimum Gasteiger partial charge on any atom is -0.497 e. The number of methoxy groups -OCH3 is 1. The summed E-state index contributed by atoms with van der Waals surface area (Å²) >= 11 is 1.64. The number of aromatic nitrogens is 2. The fourth-order valence-electron chi connectivity index (χ4n) is 3.39. The first-order chi connectivity index (χ1) is 14.2. The molecule has 0 saturated carbocycles. The number of nitrogens with zero attached hydrogens (tertiary/aromatic N) is 3. The van der Waals surface area contributed by atoms with Crippen molar-refractivity contribution in [3.63, 3.8) is 0 Å². The molecule has 29 heavy (non-hydrogen) atoms. The van der Waals surface area contributed by atoms with E-state index in [1.165, 1.54) is 0 Å². The van der Waals surface area contributed by atoms with Crippen molar-refractivity contribution in [2.75, 3.05) is 25.2 Å². The Balaban J connectivity index is 1.49. The molecule has 1 fully saturated rings. The van der Waals surface area contributed by atoms with E-state index in [9.17, 15) is 4.79 Å². The molecular weight excluding hydrogens is 388 g/mol. The van der Waals surface area contributed by atoms with Crippen LogP contribution in [-0.2, 0) is 0 Å². The third kappa shape index (κ3) is 4.22. The first kappa shape index (κ1) is 19.3. The van der Waals surface area contributed by atoms with Gasteiger partial charge in [-0.2, -0.15) is 4.98 Å². The van der Waals surface area contributed by atoms with Crippen molar-refractivity contribution in [2.24, 2.45) is 0 Å². The molecule has 1 aliphatic rings. The summed E-state index contributed by atoms with van der Waals surface area (Å²) in [5, 5.41) is 7.08. The molecule has 1 aromatic heterocycles. The number of anilines is 1. The van der Waals surface area contributed by atoms with Gasteiger partial charge in [0.1, 0.15) is 11.8 Å². The van der Waals surface area contributed by atoms with E-state index in [0.717, 1.165) is 34.7 Å². The highest BCUT2D eigenvalue weighted by Crippen LogP contribution is 2.33. The summed E-state index contributed by atoms with van der Waals surface area (Å²) in [4.78, 5) is 20.3. The van der Waals surface area contributed by atoms with Crippen LogP contribution in [0.3, 0.4) is 0 Å². The van der Waals surface area contributed by atoms with Crippen LogP contribution in [-0.4, -0.2) is 41.0 Å². The van der Waals surface area contributed by atoms with E-state index in [-0.39, 0.29) is 12.1 Å². The summed E-state index contributed by atoms with van der Waals surface area (Å²) in [5.41, 5.74) is 1.61. The SMILES string of the molecule is COc1ccc(-c2noc([C@H]3CCCN3C(=O)Nc3cccc(SC)c3)n2)cc1. The topological polar surface area (TPSA) is 80.5 Å². The van der Waals surface area contributed by atoms with Gasteiger partial charge in [0.2, 0.25) is 11.7 Å². The van der Waals surface area contributed by atoms with E-state index in [2.05, 4.69) is 15.5 Å². The van der Waals surface area contributed by atoms with E-state index in [0.29, 0.717) is 18.3 Å². The van der Waals surface area contributed by atoms with Gasteiger partial charge in [-0.15, -0.1) is 11.8 Å². The van der Waals surface area contributed by atoms with Gasteiger partial charge in [0.05, 0.1) is 7.11 Å². The molecule has 1 aliphatic heterocycles. The summed E-state index contributed by atoms with van der Waals surface area (Å²) in [5.74, 6) is 1.73. The Morgan fingerprint density at radius 3 is 2.86 bits per heavy atom. The Labute approximate surface area is 173 Å². The zero-order valence-electron chi connectivity index (χ0n) is 16.3. The van der Waals surface area contributed by atoms with Gasteiger partial charge < -0.3 is 19.5 Å². The molecule has 0 aliphatic carbocycles. The van der Waals surface area contributed by atoms with Crippen LogP contribution in [0.5, 0.6) is 5.75 Å². The maximum absolute atomic E-state index is 12.8. The van der Waals surface area contributed by atoms with Crippen molar-refractivity contribution in [3.05, 3.63) is 54.4 Å². The largest absolute Gasteiger partial charge is 0.497 e. The fourth-order valence-corrected chi connectivity index (χ4v) is 3.85. The minimum absolute atomic E-state index is 0.157. The molecule has 3 aromatic rings. The number of carbonyl (C=O) groups is 1. The van der Waals surface area contributed by atoms with E-state index in [1.54, 1.807) is 23.8 Å². The third-order valence-corrected chi connectivity index (χ3v) is 5.64. The number of thioether (sulfide) groups is 1. The molecule has 0 radical (unpaired) electrons. The quantitative estimate of drug-likeness (QED) is 0.607. The first-order valence-corrected chi connectivity index (χ1v) is 10.6. The van der Waals surface area contributed by atoms with Crippen LogP contribution in [0.25, 0.3) is 11.4 Å². The predicted octanol–water partition coefficient (Wildman–Crippen LogP) is 4.84. The van der Waals surface area contributed by atoms with Gasteiger partial charge in [0.15, 0.2) is 0 Å². The van der Waals surface area contributed by atoms with Crippen LogP contribution >= 0.6 is 11.8 Å². The van der Waals surface area contributed by atoms with E-state index in [4.69, 9.17) is 9.26 Å². The summed E-state index contributed by atoms with van der Waals surface area (Å²) in [6, 6.07) is 14.9. The molecular formula is C21H22N4O3S. The lowest BCUT2D eigenvalue weighted by molar-refractivity contribution is 0.193. The number of carbonyl (C=O) groups excluding carboxylic acids is 1. The van der Waals surface area contributed by atoms with E-state index in [1.807, 2.05) is 54.8 Å². The summed E-state index contributed by atoms with van der Waals surface area (Å²) in [6.45, 7) is 0.652. The van der Waals surface area contributed by atoms with Crippen LogP contribution in [0.2, 0.25) is 0 Å². The standard InChI is InChI=1S/C21H22N4O3S/c1-27-16-10-8-14(9-11-16)19-23-20(28-24-19)18-7-4-12-25(18)21(26)22-15-5-3-6-17(13-15)29-2/h3,5-6,8-11,13,18H,4,7,12H2,1-2H3,(H,22,26)/t18-/m1/s1. The van der Waals surface area contributed by atoms with Crippen LogP contribution < -0.4 is 10.1 Å². The second-order valence-corrected chi connectivity index (χ2v) is 7.58. The van der Waals surface area contributed by atoms with Crippen LogP contribution in [0, 0.1) is 0 Å². The van der Waals surface area contributed by atoms with Gasteiger partial charge in [-0.1, -0.05) is 11.2 Å². The molecule has 1 saturated heterocycles. The number of benzene rings is 2. The van der Waals surface area contributed by atoms with Gasteiger partial charge >= 0.3 is 6.03 Å². The lowest BCUT2D eigenvalue weighted by atomic mass is 10.2. The van der Waals surface area contributed by atoms with Crippen LogP contribution in [0.15, 0.2) is 57.9 Å². The van der Waals surface area contributed by atoms with E-state index >= 15 is 0 Å². The Morgan fingerprint density at radius 1 is 1.28 bits per heavy atom. The van der Waals surface area contributed by atoms with Crippen molar-refractivity contribution in [1.82, 2.24) is 15.0 Å². The molecule has 0 bridgehead atoms. The van der Waals surface area contributed by atoms with Crippen LogP contribution in [0.1, 0.15) is 24.8 Å². The number of ether oxygens (including phenoxy) is 1. The van der Waals surface area contributed by atoms with Gasteiger partial charge in [0, 0.05) is 22.7 Å². The average Bonchev–Trinajstić information content (AvgIpc) is 3.43. The van der Waals surface area contributed by atoms with Crippen molar-refractivity contribution < 1.29 is 14.1 Å². The lowest BCUT2D eigenvalue weighted by Gasteiger charge is -2.22. The smallest absolute Gasteiger partial charge is 0.322 e. The number of hydrogen-bond donors (Lipinski definition) is 1. The third-order valence-electron chi connectivity index (χ3n) is 4.91. The van der Waals surface area contributed by atoms with E-state index < -0.39 is 0 Å². The molecule has 2 aromatic carbocycles. The molecule has 2 amide bonds. The maximum Gasteiger partial charge on any atom is 0.322 e. The average molecular weight is 410 g/mol. The molecule has 1 atom stereocenters. The van der Waals surface area contributed by atoms with Crippen LogP contribution in [0.4, 0.5) is 10.5 Å². The summed E-state index contributed by atoms with van der Waals surface area (Å²) in [7, 11) is 1.62. The molecule has 0 spiro atoms. The first-order valence-electron chi connectivity index (χ1n) is 9.37. The van der Waals surface area contributed by atoms with Crippen molar-refractivity contribution >= 4 is 23.5 Å². The van der Waals surface area contributed by atoms with Crippen molar-refractivity contribution in [1.29, 1.82) is 0 Å². The predicted molar refractivity (Wildman–Crippen MR) is 112 cm³/mol. The second-order valence-electron chi connectivity index (χ2n) is 6.70. The Kier molecular flexibility index (Phi) is 5.71. The Hall–Kier alpha value is -3.00. The number of likely N-dealkylation sites (tertiary alicyclic amines) is 1. The number of amides is 2. The molecule has 8 heteroatoms. The molecule has 150 valence electrons. The van der Waals surface area contributed by atoms with Crippen molar-refractivity contribution in [2.45, 2.75) is 23.8 Å². The number of nitrogens with one attached hydrogen (secondary N) is 1. The normalized spacial score (nSPS) is 16.1. The molecule has 1 N–H and O–H groups in total. The Morgan fingerprint density at radius 2 is 2.10 bits per heavy atom. The molecule has 4 rings (SSSR count). The summed E-state index contributed by atoms with van der Waals surface area (Å²) < 4.78 is 10.7. The monoisotopic (exact) mass is 410 g/mol. The molecule has 7 nitrogen and oxygen atoms in total. The zero-order valence-corrected chi connectivity index (χ0v) is 17.1. The maximum atomic E-state index is 12.8. The van der Waals surface area contributed by atoms with Gasteiger partial charge in [-0.05, 0) is 61.6 Å². The fraction of sp³-hybridized carbons (Fsp3) is 0.286. The van der Waals surface area contributed by atoms with Gasteiger partial charge in [-0.25, -0.2) is 4.79 Å². The lowest BCUT2D eigenvalue weighted by Crippen LogP contribution is -2.34.